The molecular weight excluding hydrogens is 515 g/mol. The molecule has 2 saturated heterocycles. The summed E-state index contributed by atoms with van der Waals surface area (Å²) in [6.45, 7) is 7.86. The first-order valence-corrected chi connectivity index (χ1v) is 11.7. The molecule has 2 aromatic rings. The van der Waals surface area contributed by atoms with E-state index in [1.807, 2.05) is 12.1 Å². The van der Waals surface area contributed by atoms with Gasteiger partial charge in [-0.25, -0.2) is 0 Å². The van der Waals surface area contributed by atoms with E-state index in [4.69, 9.17) is 14.1 Å². The first kappa shape index (κ1) is 25.1. The highest BCUT2D eigenvalue weighted by Gasteiger charge is 2.21. The average molecular weight is 553 g/mol. The van der Waals surface area contributed by atoms with E-state index in [2.05, 4.69) is 46.7 Å². The van der Waals surface area contributed by atoms with Crippen LogP contribution in [0.15, 0.2) is 52.1 Å². The molecule has 1 unspecified atom stereocenters. The predicted molar refractivity (Wildman–Crippen MR) is 140 cm³/mol. The van der Waals surface area contributed by atoms with E-state index in [-0.39, 0.29) is 30.1 Å². The summed E-state index contributed by atoms with van der Waals surface area (Å²) in [5.41, 5.74) is 2.82. The van der Waals surface area contributed by atoms with Gasteiger partial charge in [0.25, 0.3) is 0 Å². The standard InChI is InChI=1S/C25H36N4O2.HI/c1-20-6-2-3-7-21(20)19-29-14-11-22(12-15-29)28-25(27-18-24-9-5-17-31-24)26-13-10-23-8-4-16-30-23;/h2-4,6-8,16,22,24H,5,9-15,17-19H2,1H3,(H2,26,27,28);1H. The molecule has 0 radical (unpaired) electrons. The summed E-state index contributed by atoms with van der Waals surface area (Å²) in [5, 5.41) is 7.18. The Morgan fingerprint density at radius 2 is 1.97 bits per heavy atom. The Balaban J connectivity index is 0.00000289. The highest BCUT2D eigenvalue weighted by molar-refractivity contribution is 14.0. The Morgan fingerprint density at radius 3 is 2.69 bits per heavy atom. The number of piperidine rings is 1. The molecule has 0 bridgehead atoms. The first-order chi connectivity index (χ1) is 15.3. The van der Waals surface area contributed by atoms with Crippen molar-refractivity contribution >= 4 is 29.9 Å². The average Bonchev–Trinajstić information content (AvgIpc) is 3.49. The number of nitrogens with zero attached hydrogens (tertiary/aromatic N) is 2. The number of aryl methyl sites for hydroxylation is 1. The monoisotopic (exact) mass is 552 g/mol. The van der Waals surface area contributed by atoms with Gasteiger partial charge < -0.3 is 19.8 Å². The van der Waals surface area contributed by atoms with E-state index in [1.54, 1.807) is 6.26 Å². The first-order valence-electron chi connectivity index (χ1n) is 11.7. The third-order valence-corrected chi connectivity index (χ3v) is 6.30. The van der Waals surface area contributed by atoms with E-state index in [9.17, 15) is 0 Å². The van der Waals surface area contributed by atoms with E-state index < -0.39 is 0 Å². The Hall–Kier alpha value is -1.58. The third-order valence-electron chi connectivity index (χ3n) is 6.30. The van der Waals surface area contributed by atoms with Crippen LogP contribution in [0.4, 0.5) is 0 Å². The zero-order valence-electron chi connectivity index (χ0n) is 19.1. The van der Waals surface area contributed by atoms with Crippen molar-refractivity contribution in [2.45, 2.75) is 57.7 Å². The highest BCUT2D eigenvalue weighted by Crippen LogP contribution is 2.16. The lowest BCUT2D eigenvalue weighted by Crippen LogP contribution is -2.49. The summed E-state index contributed by atoms with van der Waals surface area (Å²) >= 11 is 0. The molecule has 0 amide bonds. The molecule has 32 heavy (non-hydrogen) atoms. The molecule has 7 heteroatoms. The molecule has 2 N–H and O–H groups in total. The highest BCUT2D eigenvalue weighted by atomic mass is 127. The summed E-state index contributed by atoms with van der Waals surface area (Å²) in [6.07, 6.45) is 7.36. The maximum Gasteiger partial charge on any atom is 0.191 e. The summed E-state index contributed by atoms with van der Waals surface area (Å²) in [5.74, 6) is 1.90. The predicted octanol–water partition coefficient (Wildman–Crippen LogP) is 4.13. The van der Waals surface area contributed by atoms with Gasteiger partial charge in [-0.15, -0.1) is 24.0 Å². The summed E-state index contributed by atoms with van der Waals surface area (Å²) < 4.78 is 11.2. The molecule has 2 fully saturated rings. The lowest BCUT2D eigenvalue weighted by molar-refractivity contribution is 0.117. The number of ether oxygens (including phenoxy) is 1. The number of rotatable bonds is 8. The Kier molecular flexibility index (Phi) is 10.3. The largest absolute Gasteiger partial charge is 0.469 e. The second-order valence-electron chi connectivity index (χ2n) is 8.70. The lowest BCUT2D eigenvalue weighted by Gasteiger charge is -2.33. The number of hydrogen-bond donors (Lipinski definition) is 2. The van der Waals surface area contributed by atoms with Crippen molar-refractivity contribution in [3.63, 3.8) is 0 Å². The minimum atomic E-state index is 0. The smallest absolute Gasteiger partial charge is 0.191 e. The van der Waals surface area contributed by atoms with Crippen molar-refractivity contribution in [1.82, 2.24) is 15.5 Å². The van der Waals surface area contributed by atoms with E-state index in [0.29, 0.717) is 6.04 Å². The van der Waals surface area contributed by atoms with Gasteiger partial charge in [-0.05, 0) is 55.9 Å². The van der Waals surface area contributed by atoms with Crippen LogP contribution in [0.3, 0.4) is 0 Å². The summed E-state index contributed by atoms with van der Waals surface area (Å²) in [4.78, 5) is 7.41. The minimum Gasteiger partial charge on any atom is -0.469 e. The number of aliphatic imine (C=N–C) groups is 1. The third kappa shape index (κ3) is 7.78. The summed E-state index contributed by atoms with van der Waals surface area (Å²) in [6, 6.07) is 13.1. The molecule has 1 aromatic heterocycles. The number of furan rings is 1. The minimum absolute atomic E-state index is 0. The molecule has 0 saturated carbocycles. The van der Waals surface area contributed by atoms with Gasteiger partial charge in [0, 0.05) is 45.2 Å². The Bertz CT molecular complexity index is 813. The van der Waals surface area contributed by atoms with Crippen molar-refractivity contribution in [3.05, 3.63) is 59.5 Å². The molecule has 3 heterocycles. The van der Waals surface area contributed by atoms with E-state index in [0.717, 1.165) is 83.2 Å². The molecule has 1 atom stereocenters. The van der Waals surface area contributed by atoms with Gasteiger partial charge in [-0.3, -0.25) is 9.89 Å². The molecule has 4 rings (SSSR count). The van der Waals surface area contributed by atoms with Crippen LogP contribution in [0.1, 0.15) is 42.6 Å². The number of hydrogen-bond acceptors (Lipinski definition) is 4. The molecule has 1 aromatic carbocycles. The molecule has 2 aliphatic heterocycles. The molecule has 6 nitrogen and oxygen atoms in total. The zero-order valence-corrected chi connectivity index (χ0v) is 21.4. The Morgan fingerprint density at radius 1 is 1.12 bits per heavy atom. The Labute approximate surface area is 209 Å². The number of benzene rings is 1. The molecular formula is C25H37IN4O2. The molecule has 176 valence electrons. The van der Waals surface area contributed by atoms with Gasteiger partial charge >= 0.3 is 0 Å². The number of guanidine groups is 1. The second-order valence-corrected chi connectivity index (χ2v) is 8.70. The van der Waals surface area contributed by atoms with Crippen LogP contribution in [0.2, 0.25) is 0 Å². The fourth-order valence-electron chi connectivity index (χ4n) is 4.35. The van der Waals surface area contributed by atoms with Gasteiger partial charge in [0.15, 0.2) is 5.96 Å². The van der Waals surface area contributed by atoms with E-state index >= 15 is 0 Å². The van der Waals surface area contributed by atoms with Crippen LogP contribution < -0.4 is 10.6 Å². The number of nitrogens with one attached hydrogen (secondary N) is 2. The number of likely N-dealkylation sites (tertiary alicyclic amines) is 1. The van der Waals surface area contributed by atoms with Gasteiger partial charge in [0.1, 0.15) is 5.76 Å². The van der Waals surface area contributed by atoms with Gasteiger partial charge in [-0.2, -0.15) is 0 Å². The zero-order chi connectivity index (χ0) is 21.3. The normalized spacial score (nSPS) is 20.2. The van der Waals surface area contributed by atoms with Crippen LogP contribution in [0.5, 0.6) is 0 Å². The number of halogens is 1. The van der Waals surface area contributed by atoms with Crippen LogP contribution in [-0.2, 0) is 17.7 Å². The van der Waals surface area contributed by atoms with Crippen molar-refractivity contribution in [1.29, 1.82) is 0 Å². The second kappa shape index (κ2) is 13.2. The van der Waals surface area contributed by atoms with E-state index in [1.165, 1.54) is 11.1 Å². The summed E-state index contributed by atoms with van der Waals surface area (Å²) in [7, 11) is 0. The van der Waals surface area contributed by atoms with Crippen molar-refractivity contribution < 1.29 is 9.15 Å². The van der Waals surface area contributed by atoms with Gasteiger partial charge in [0.05, 0.1) is 18.9 Å². The van der Waals surface area contributed by atoms with Crippen molar-refractivity contribution in [2.24, 2.45) is 4.99 Å². The molecule has 0 aliphatic carbocycles. The maximum atomic E-state index is 5.75. The topological polar surface area (TPSA) is 62.0 Å². The lowest BCUT2D eigenvalue weighted by atomic mass is 10.0. The van der Waals surface area contributed by atoms with Crippen molar-refractivity contribution in [3.8, 4) is 0 Å². The quantitative estimate of drug-likeness (QED) is 0.293. The molecule has 2 aliphatic rings. The van der Waals surface area contributed by atoms with Crippen LogP contribution in [0, 0.1) is 6.92 Å². The molecule has 0 spiro atoms. The SMILES string of the molecule is Cc1ccccc1CN1CCC(NC(=NCC2CCCO2)NCCc2ccco2)CC1.I. The maximum absolute atomic E-state index is 5.75. The van der Waals surface area contributed by atoms with Crippen LogP contribution in [-0.4, -0.2) is 55.8 Å². The fraction of sp³-hybridized carbons (Fsp3) is 0.560. The van der Waals surface area contributed by atoms with Gasteiger partial charge in [-0.1, -0.05) is 24.3 Å². The van der Waals surface area contributed by atoms with Crippen LogP contribution >= 0.6 is 24.0 Å². The van der Waals surface area contributed by atoms with Gasteiger partial charge in [0.2, 0.25) is 0 Å². The van der Waals surface area contributed by atoms with Crippen LogP contribution in [0.25, 0.3) is 0 Å². The fourth-order valence-corrected chi connectivity index (χ4v) is 4.35. The van der Waals surface area contributed by atoms with Crippen molar-refractivity contribution in [2.75, 3.05) is 32.8 Å².